The Kier molecular flexibility index (Phi) is 6.23. The summed E-state index contributed by atoms with van der Waals surface area (Å²) in [5, 5.41) is -0.357. The van der Waals surface area contributed by atoms with Crippen LogP contribution in [0.3, 0.4) is 0 Å². The molecule has 1 heterocycles. The number of para-hydroxylation sites is 1. The van der Waals surface area contributed by atoms with Crippen molar-refractivity contribution >= 4 is 21.5 Å². The lowest BCUT2D eigenvalue weighted by molar-refractivity contribution is 0.100. The molecule has 0 aliphatic heterocycles. The minimum atomic E-state index is -3.50. The normalized spacial score (nSPS) is 15.4. The van der Waals surface area contributed by atoms with Crippen LogP contribution in [-0.2, 0) is 16.6 Å². The van der Waals surface area contributed by atoms with Crippen LogP contribution in [0.25, 0.3) is 0 Å². The van der Waals surface area contributed by atoms with Gasteiger partial charge in [0.15, 0.2) is 5.78 Å². The van der Waals surface area contributed by atoms with Crippen molar-refractivity contribution < 1.29 is 13.2 Å². The van der Waals surface area contributed by atoms with E-state index >= 15 is 0 Å². The molecule has 1 fully saturated rings. The second kappa shape index (κ2) is 8.63. The second-order valence-corrected chi connectivity index (χ2v) is 8.95. The molecule has 3 rings (SSSR count). The van der Waals surface area contributed by atoms with E-state index in [1.54, 1.807) is 24.3 Å². The number of sulfonamides is 1. The van der Waals surface area contributed by atoms with Gasteiger partial charge in [-0.05, 0) is 37.1 Å². The summed E-state index contributed by atoms with van der Waals surface area (Å²) >= 11 is 0. The van der Waals surface area contributed by atoms with Crippen molar-refractivity contribution in [3.63, 3.8) is 0 Å². The number of nitrogens with zero attached hydrogens (tertiary/aromatic N) is 2. The fourth-order valence-corrected chi connectivity index (χ4v) is 5.43. The van der Waals surface area contributed by atoms with Gasteiger partial charge in [0.1, 0.15) is 0 Å². The number of ketones is 1. The Labute approximate surface area is 160 Å². The molecule has 1 aromatic carbocycles. The first kappa shape index (κ1) is 19.5. The number of hydrogen-bond acceptors (Lipinski definition) is 5. The van der Waals surface area contributed by atoms with Gasteiger partial charge in [0.25, 0.3) is 0 Å². The molecule has 7 heteroatoms. The third-order valence-electron chi connectivity index (χ3n) is 4.96. The monoisotopic (exact) mass is 387 g/mol. The van der Waals surface area contributed by atoms with E-state index in [0.717, 1.165) is 19.3 Å². The predicted molar refractivity (Wildman–Crippen MR) is 106 cm³/mol. The average molecular weight is 388 g/mol. The molecule has 1 aliphatic rings. The Morgan fingerprint density at radius 1 is 1.07 bits per heavy atom. The van der Waals surface area contributed by atoms with E-state index in [1.165, 1.54) is 10.5 Å². The highest BCUT2D eigenvalue weighted by atomic mass is 32.2. The molecule has 144 valence electrons. The van der Waals surface area contributed by atoms with E-state index in [1.807, 2.05) is 18.2 Å². The number of nitrogens with two attached hydrogens (primary N) is 1. The Bertz CT molecular complexity index is 861. The van der Waals surface area contributed by atoms with Crippen LogP contribution >= 0.6 is 0 Å². The van der Waals surface area contributed by atoms with Gasteiger partial charge in [-0.25, -0.2) is 8.42 Å². The average Bonchev–Trinajstić information content (AvgIpc) is 2.73. The van der Waals surface area contributed by atoms with Crippen LogP contribution in [0.5, 0.6) is 0 Å². The van der Waals surface area contributed by atoms with Gasteiger partial charge in [0.2, 0.25) is 10.0 Å². The van der Waals surface area contributed by atoms with Crippen molar-refractivity contribution in [2.24, 2.45) is 5.73 Å². The Balaban J connectivity index is 1.90. The van der Waals surface area contributed by atoms with Crippen LogP contribution in [0.1, 0.15) is 48.2 Å². The van der Waals surface area contributed by atoms with E-state index < -0.39 is 10.0 Å². The number of anilines is 1. The molecule has 6 nitrogen and oxygen atoms in total. The molecule has 0 unspecified atom stereocenters. The zero-order valence-electron chi connectivity index (χ0n) is 15.3. The summed E-state index contributed by atoms with van der Waals surface area (Å²) < 4.78 is 28.1. The lowest BCUT2D eigenvalue weighted by Crippen LogP contribution is -2.39. The molecule has 1 aromatic heterocycles. The maximum atomic E-state index is 13.3. The molecule has 0 amide bonds. The summed E-state index contributed by atoms with van der Waals surface area (Å²) in [4.78, 5) is 16.0. The highest BCUT2D eigenvalue weighted by Crippen LogP contribution is 2.30. The Morgan fingerprint density at radius 3 is 2.37 bits per heavy atom. The lowest BCUT2D eigenvalue weighted by atomic mass is 10.0. The standard InChI is InChI=1S/C20H25N3O3S/c21-13-20(24)16-11-12-17(22-14-16)15-23(18-7-3-1-4-8-18)27(25,26)19-9-5-2-6-10-19/h1,3-4,7-8,11-12,14,19H,2,5-6,9-10,13,15,21H2. The number of carbonyl (C=O) groups is 1. The fraction of sp³-hybridized carbons (Fsp3) is 0.400. The molecule has 0 saturated heterocycles. The van der Waals surface area contributed by atoms with Crippen LogP contribution in [0.4, 0.5) is 5.69 Å². The summed E-state index contributed by atoms with van der Waals surface area (Å²) in [5.74, 6) is -0.191. The highest BCUT2D eigenvalue weighted by molar-refractivity contribution is 7.93. The van der Waals surface area contributed by atoms with Crippen LogP contribution < -0.4 is 10.0 Å². The topological polar surface area (TPSA) is 93.4 Å². The van der Waals surface area contributed by atoms with Gasteiger partial charge in [0, 0.05) is 11.8 Å². The molecule has 2 aromatic rings. The number of rotatable bonds is 7. The number of Topliss-reactive ketones (excluding diaryl/α,β-unsaturated/α-hetero) is 1. The van der Waals surface area contributed by atoms with Crippen LogP contribution in [0.2, 0.25) is 0 Å². The minimum absolute atomic E-state index is 0.0762. The lowest BCUT2D eigenvalue weighted by Gasteiger charge is -2.31. The van der Waals surface area contributed by atoms with E-state index in [2.05, 4.69) is 4.98 Å². The number of carbonyl (C=O) groups excluding carboxylic acids is 1. The van der Waals surface area contributed by atoms with Gasteiger partial charge in [-0.15, -0.1) is 0 Å². The van der Waals surface area contributed by atoms with Crippen molar-refractivity contribution in [3.05, 3.63) is 59.9 Å². The quantitative estimate of drug-likeness (QED) is 0.737. The summed E-state index contributed by atoms with van der Waals surface area (Å²) in [6.45, 7) is 0.0627. The summed E-state index contributed by atoms with van der Waals surface area (Å²) in [5.41, 5.74) is 7.03. The van der Waals surface area contributed by atoms with Crippen LogP contribution in [0, 0.1) is 0 Å². The smallest absolute Gasteiger partial charge is 0.238 e. The van der Waals surface area contributed by atoms with Crippen LogP contribution in [-0.4, -0.2) is 31.0 Å². The van der Waals surface area contributed by atoms with Gasteiger partial charge in [-0.2, -0.15) is 0 Å². The van der Waals surface area contributed by atoms with Gasteiger partial charge in [0.05, 0.1) is 29.7 Å². The molecule has 1 saturated carbocycles. The third kappa shape index (κ3) is 4.54. The Morgan fingerprint density at radius 2 is 1.78 bits per heavy atom. The minimum Gasteiger partial charge on any atom is -0.324 e. The van der Waals surface area contributed by atoms with Gasteiger partial charge in [-0.1, -0.05) is 37.5 Å². The number of aromatic nitrogens is 1. The molecule has 27 heavy (non-hydrogen) atoms. The number of benzene rings is 1. The first-order valence-corrected chi connectivity index (χ1v) is 10.8. The maximum absolute atomic E-state index is 13.3. The number of pyridine rings is 1. The molecule has 0 radical (unpaired) electrons. The molecular formula is C20H25N3O3S. The highest BCUT2D eigenvalue weighted by Gasteiger charge is 2.33. The van der Waals surface area contributed by atoms with Gasteiger partial charge < -0.3 is 5.73 Å². The first-order valence-electron chi connectivity index (χ1n) is 9.27. The molecule has 0 atom stereocenters. The zero-order valence-corrected chi connectivity index (χ0v) is 16.1. The Hall–Kier alpha value is -2.25. The maximum Gasteiger partial charge on any atom is 0.238 e. The van der Waals surface area contributed by atoms with E-state index in [9.17, 15) is 13.2 Å². The molecule has 0 bridgehead atoms. The summed E-state index contributed by atoms with van der Waals surface area (Å²) in [6.07, 6.45) is 5.84. The zero-order chi connectivity index (χ0) is 19.3. The van der Waals surface area contributed by atoms with Crippen LogP contribution in [0.15, 0.2) is 48.7 Å². The molecule has 1 aliphatic carbocycles. The van der Waals surface area contributed by atoms with Crippen molar-refractivity contribution in [1.82, 2.24) is 4.98 Å². The van der Waals surface area contributed by atoms with Crippen molar-refractivity contribution in [3.8, 4) is 0 Å². The number of hydrogen-bond donors (Lipinski definition) is 1. The van der Waals surface area contributed by atoms with E-state index in [0.29, 0.717) is 29.8 Å². The first-order chi connectivity index (χ1) is 13.0. The van der Waals surface area contributed by atoms with E-state index in [-0.39, 0.29) is 24.1 Å². The molecule has 0 spiro atoms. The van der Waals surface area contributed by atoms with Gasteiger partial charge >= 0.3 is 0 Å². The fourth-order valence-electron chi connectivity index (χ4n) is 3.41. The van der Waals surface area contributed by atoms with Crippen molar-refractivity contribution in [1.29, 1.82) is 0 Å². The predicted octanol–water partition coefficient (Wildman–Crippen LogP) is 2.89. The van der Waals surface area contributed by atoms with E-state index in [4.69, 9.17) is 5.73 Å². The largest absolute Gasteiger partial charge is 0.324 e. The molecular weight excluding hydrogens is 362 g/mol. The van der Waals surface area contributed by atoms with Gasteiger partial charge in [-0.3, -0.25) is 14.1 Å². The molecule has 2 N–H and O–H groups in total. The summed E-state index contributed by atoms with van der Waals surface area (Å²) in [6, 6.07) is 12.5. The SMILES string of the molecule is NCC(=O)c1ccc(CN(c2ccccc2)S(=O)(=O)C2CCCCC2)nc1. The summed E-state index contributed by atoms with van der Waals surface area (Å²) in [7, 11) is -3.50. The second-order valence-electron chi connectivity index (χ2n) is 6.81. The van der Waals surface area contributed by atoms with Crippen molar-refractivity contribution in [2.75, 3.05) is 10.8 Å². The third-order valence-corrected chi connectivity index (χ3v) is 7.23. The van der Waals surface area contributed by atoms with Crippen molar-refractivity contribution in [2.45, 2.75) is 43.9 Å².